The number of hydrogen-bond donors (Lipinski definition) is 1. The van der Waals surface area contributed by atoms with Crippen LogP contribution in [-0.2, 0) is 12.8 Å². The Morgan fingerprint density at radius 3 is 2.65 bits per heavy atom. The van der Waals surface area contributed by atoms with Gasteiger partial charge in [-0.2, -0.15) is 18.3 Å². The van der Waals surface area contributed by atoms with Gasteiger partial charge < -0.3 is 4.74 Å². The van der Waals surface area contributed by atoms with E-state index in [0.29, 0.717) is 16.9 Å². The first-order valence-corrected chi connectivity index (χ1v) is 8.77. The molecule has 0 saturated heterocycles. The minimum atomic E-state index is -4.34. The van der Waals surface area contributed by atoms with Crippen LogP contribution in [-0.4, -0.2) is 10.2 Å². The highest BCUT2D eigenvalue weighted by Gasteiger charge is 2.36. The Kier molecular flexibility index (Phi) is 4.34. The predicted octanol–water partition coefficient (Wildman–Crippen LogP) is 5.82. The molecule has 4 rings (SSSR count). The van der Waals surface area contributed by atoms with Crippen molar-refractivity contribution in [3.8, 4) is 5.75 Å². The number of alkyl halides is 3. The quantitative estimate of drug-likeness (QED) is 0.637. The Morgan fingerprint density at radius 2 is 1.88 bits per heavy atom. The molecular formula is C20H19F3N2O. The molecule has 0 radical (unpaired) electrons. The van der Waals surface area contributed by atoms with Crippen molar-refractivity contribution in [2.45, 2.75) is 44.4 Å². The van der Waals surface area contributed by atoms with Gasteiger partial charge in [-0.15, -0.1) is 0 Å². The number of aromatic amines is 1. The van der Waals surface area contributed by atoms with Crippen LogP contribution in [0.15, 0.2) is 42.6 Å². The molecule has 1 heterocycles. The average Bonchev–Trinajstić information content (AvgIpc) is 3.30. The van der Waals surface area contributed by atoms with Crippen molar-refractivity contribution in [3.05, 3.63) is 59.3 Å². The van der Waals surface area contributed by atoms with Crippen LogP contribution >= 0.6 is 0 Å². The third-order valence-electron chi connectivity index (χ3n) is 5.04. The first-order chi connectivity index (χ1) is 12.5. The zero-order valence-electron chi connectivity index (χ0n) is 14.1. The van der Waals surface area contributed by atoms with Crippen molar-refractivity contribution in [3.63, 3.8) is 0 Å². The molecule has 2 aromatic carbocycles. The third kappa shape index (κ3) is 3.41. The number of benzene rings is 2. The van der Waals surface area contributed by atoms with Crippen molar-refractivity contribution >= 4 is 10.9 Å². The van der Waals surface area contributed by atoms with Gasteiger partial charge in [0.1, 0.15) is 12.4 Å². The molecule has 1 aliphatic carbocycles. The number of ether oxygens (including phenoxy) is 1. The fourth-order valence-electron chi connectivity index (χ4n) is 3.71. The van der Waals surface area contributed by atoms with E-state index in [9.17, 15) is 13.2 Å². The van der Waals surface area contributed by atoms with Crippen molar-refractivity contribution in [2.75, 3.05) is 0 Å². The van der Waals surface area contributed by atoms with Crippen LogP contribution in [0.3, 0.4) is 0 Å². The second-order valence-electron chi connectivity index (χ2n) is 6.81. The van der Waals surface area contributed by atoms with Gasteiger partial charge in [0.05, 0.1) is 17.3 Å². The van der Waals surface area contributed by atoms with Gasteiger partial charge in [0.2, 0.25) is 0 Å². The van der Waals surface area contributed by atoms with E-state index in [0.717, 1.165) is 36.6 Å². The summed E-state index contributed by atoms with van der Waals surface area (Å²) in [6.45, 7) is 0.0946. The third-order valence-corrected chi connectivity index (χ3v) is 5.04. The molecule has 136 valence electrons. The number of aromatic nitrogens is 2. The Morgan fingerprint density at radius 1 is 1.08 bits per heavy atom. The maximum absolute atomic E-state index is 13.5. The lowest BCUT2D eigenvalue weighted by molar-refractivity contribution is -0.138. The summed E-state index contributed by atoms with van der Waals surface area (Å²) in [6.07, 6.45) is 1.02. The van der Waals surface area contributed by atoms with Crippen molar-refractivity contribution in [1.82, 2.24) is 10.2 Å². The number of hydrogen-bond acceptors (Lipinski definition) is 2. The summed E-state index contributed by atoms with van der Waals surface area (Å²) in [6, 6.07) is 10.1. The van der Waals surface area contributed by atoms with Crippen LogP contribution in [0.2, 0.25) is 0 Å². The average molecular weight is 360 g/mol. The van der Waals surface area contributed by atoms with Crippen LogP contribution in [0.4, 0.5) is 13.2 Å². The van der Waals surface area contributed by atoms with Crippen LogP contribution in [0.1, 0.15) is 48.3 Å². The van der Waals surface area contributed by atoms with Gasteiger partial charge in [-0.25, -0.2) is 0 Å². The molecule has 1 aliphatic rings. The van der Waals surface area contributed by atoms with E-state index in [1.807, 2.05) is 12.1 Å². The molecule has 0 spiro atoms. The van der Waals surface area contributed by atoms with E-state index in [1.54, 1.807) is 24.4 Å². The molecule has 0 amide bonds. The lowest BCUT2D eigenvalue weighted by atomic mass is 9.91. The first-order valence-electron chi connectivity index (χ1n) is 8.77. The number of fused-ring (bicyclic) bond motifs is 1. The summed E-state index contributed by atoms with van der Waals surface area (Å²) in [7, 11) is 0. The number of H-pyrrole nitrogens is 1. The Balaban J connectivity index is 1.56. The second-order valence-corrected chi connectivity index (χ2v) is 6.81. The fraction of sp³-hybridized carbons (Fsp3) is 0.350. The van der Waals surface area contributed by atoms with Crippen LogP contribution < -0.4 is 4.74 Å². The van der Waals surface area contributed by atoms with Gasteiger partial charge >= 0.3 is 6.18 Å². The van der Waals surface area contributed by atoms with E-state index in [-0.39, 0.29) is 12.5 Å². The standard InChI is InChI=1S/C20H19F3N2O/c21-20(22,23)18-9-13(5-7-17(18)14-3-1-2-4-14)12-26-16-6-8-19-15(10-16)11-24-25-19/h5-11,14H,1-4,12H2,(H,24,25). The number of halogens is 3. The maximum atomic E-state index is 13.5. The maximum Gasteiger partial charge on any atom is 0.416 e. The molecule has 3 aromatic rings. The molecule has 3 nitrogen and oxygen atoms in total. The smallest absolute Gasteiger partial charge is 0.416 e. The van der Waals surface area contributed by atoms with Crippen LogP contribution in [0, 0.1) is 0 Å². The molecule has 0 atom stereocenters. The van der Waals surface area contributed by atoms with Crippen molar-refractivity contribution < 1.29 is 17.9 Å². The number of nitrogens with zero attached hydrogens (tertiary/aromatic N) is 1. The van der Waals surface area contributed by atoms with Crippen molar-refractivity contribution in [2.24, 2.45) is 0 Å². The summed E-state index contributed by atoms with van der Waals surface area (Å²) >= 11 is 0. The minimum absolute atomic E-state index is 0.0186. The molecule has 1 fully saturated rings. The van der Waals surface area contributed by atoms with Gasteiger partial charge in [0, 0.05) is 5.39 Å². The highest BCUT2D eigenvalue weighted by Crippen LogP contribution is 2.42. The normalized spacial score (nSPS) is 15.7. The summed E-state index contributed by atoms with van der Waals surface area (Å²) in [5.74, 6) is 0.623. The molecule has 1 saturated carbocycles. The molecule has 0 bridgehead atoms. The van der Waals surface area contributed by atoms with Crippen LogP contribution in [0.25, 0.3) is 10.9 Å². The van der Waals surface area contributed by atoms with E-state index in [1.165, 1.54) is 6.07 Å². The monoisotopic (exact) mass is 360 g/mol. The van der Waals surface area contributed by atoms with Gasteiger partial charge in [0.25, 0.3) is 0 Å². The number of nitrogens with one attached hydrogen (secondary N) is 1. The Labute approximate surface area is 149 Å². The highest BCUT2D eigenvalue weighted by molar-refractivity contribution is 5.79. The largest absolute Gasteiger partial charge is 0.489 e. The van der Waals surface area contributed by atoms with Gasteiger partial charge in [-0.05, 0) is 54.2 Å². The minimum Gasteiger partial charge on any atom is -0.489 e. The van der Waals surface area contributed by atoms with Gasteiger partial charge in [-0.1, -0.05) is 25.0 Å². The van der Waals surface area contributed by atoms with Crippen molar-refractivity contribution in [1.29, 1.82) is 0 Å². The lowest BCUT2D eigenvalue weighted by Crippen LogP contribution is -2.12. The summed E-state index contributed by atoms with van der Waals surface area (Å²) in [5.41, 5.74) is 1.32. The number of rotatable bonds is 4. The zero-order chi connectivity index (χ0) is 18.1. The van der Waals surface area contributed by atoms with E-state index in [2.05, 4.69) is 10.2 Å². The molecule has 0 unspecified atom stereocenters. The highest BCUT2D eigenvalue weighted by atomic mass is 19.4. The topological polar surface area (TPSA) is 37.9 Å². The molecule has 1 aromatic heterocycles. The summed E-state index contributed by atoms with van der Waals surface area (Å²) < 4.78 is 46.3. The summed E-state index contributed by atoms with van der Waals surface area (Å²) in [4.78, 5) is 0. The SMILES string of the molecule is FC(F)(F)c1cc(COc2ccc3[nH]ncc3c2)ccc1C1CCCC1. The lowest BCUT2D eigenvalue weighted by Gasteiger charge is -2.19. The molecule has 26 heavy (non-hydrogen) atoms. The van der Waals surface area contributed by atoms with E-state index < -0.39 is 11.7 Å². The first kappa shape index (κ1) is 16.9. The summed E-state index contributed by atoms with van der Waals surface area (Å²) in [5, 5.41) is 7.69. The van der Waals surface area contributed by atoms with E-state index >= 15 is 0 Å². The molecule has 1 N–H and O–H groups in total. The fourth-order valence-corrected chi connectivity index (χ4v) is 3.71. The van der Waals surface area contributed by atoms with Gasteiger partial charge in [-0.3, -0.25) is 5.10 Å². The Bertz CT molecular complexity index is 911. The molecule has 0 aliphatic heterocycles. The molecular weight excluding hydrogens is 341 g/mol. The molecule has 6 heteroatoms. The van der Waals surface area contributed by atoms with Crippen LogP contribution in [0.5, 0.6) is 5.75 Å². The Hall–Kier alpha value is -2.50. The van der Waals surface area contributed by atoms with E-state index in [4.69, 9.17) is 4.74 Å². The zero-order valence-corrected chi connectivity index (χ0v) is 14.1. The van der Waals surface area contributed by atoms with Gasteiger partial charge in [0.15, 0.2) is 0 Å². The predicted molar refractivity (Wildman–Crippen MR) is 93.1 cm³/mol. The second kappa shape index (κ2) is 6.67.